The third-order valence-corrected chi connectivity index (χ3v) is 4.30. The lowest BCUT2D eigenvalue weighted by atomic mass is 10.1. The Labute approximate surface area is 148 Å². The number of carbonyl (C=O) groups excluding carboxylic acids is 2. The van der Waals surface area contributed by atoms with E-state index >= 15 is 0 Å². The molecule has 1 unspecified atom stereocenters. The van der Waals surface area contributed by atoms with Gasteiger partial charge in [0, 0.05) is 24.3 Å². The number of carbonyl (C=O) groups is 2. The van der Waals surface area contributed by atoms with Crippen LogP contribution in [-0.2, 0) is 15.8 Å². The summed E-state index contributed by atoms with van der Waals surface area (Å²) in [4.78, 5) is 26.1. The van der Waals surface area contributed by atoms with E-state index in [2.05, 4.69) is 5.32 Å². The van der Waals surface area contributed by atoms with Gasteiger partial charge in [0.2, 0.25) is 11.8 Å². The second-order valence-corrected chi connectivity index (χ2v) is 6.31. The number of nitrogens with one attached hydrogen (secondary N) is 1. The minimum Gasteiger partial charge on any atom is -0.326 e. The summed E-state index contributed by atoms with van der Waals surface area (Å²) in [5.74, 6) is -1.26. The maximum Gasteiger partial charge on any atom is 0.416 e. The summed E-state index contributed by atoms with van der Waals surface area (Å²) in [6.45, 7) is 2.13. The highest BCUT2D eigenvalue weighted by Gasteiger charge is 2.35. The van der Waals surface area contributed by atoms with Gasteiger partial charge in [-0.25, -0.2) is 0 Å². The van der Waals surface area contributed by atoms with E-state index in [-0.39, 0.29) is 24.6 Å². The first-order valence-electron chi connectivity index (χ1n) is 8.09. The number of anilines is 2. The largest absolute Gasteiger partial charge is 0.416 e. The molecule has 0 aromatic heterocycles. The normalized spacial score (nSPS) is 17.5. The molecule has 4 nitrogen and oxygen atoms in total. The van der Waals surface area contributed by atoms with E-state index < -0.39 is 23.6 Å². The number of rotatable bonds is 3. The minimum absolute atomic E-state index is 0.0265. The van der Waals surface area contributed by atoms with Crippen molar-refractivity contribution >= 4 is 23.2 Å². The molecule has 1 N–H and O–H groups in total. The lowest BCUT2D eigenvalue weighted by molar-refractivity contribution is -0.137. The number of alkyl halides is 3. The number of hydrogen-bond acceptors (Lipinski definition) is 2. The number of hydrogen-bond donors (Lipinski definition) is 1. The van der Waals surface area contributed by atoms with Crippen LogP contribution in [0.1, 0.15) is 17.5 Å². The van der Waals surface area contributed by atoms with Crippen LogP contribution < -0.4 is 10.2 Å². The lowest BCUT2D eigenvalue weighted by Gasteiger charge is -2.17. The Morgan fingerprint density at radius 3 is 2.50 bits per heavy atom. The molecular formula is C19H17F3N2O2. The topological polar surface area (TPSA) is 49.4 Å². The van der Waals surface area contributed by atoms with Gasteiger partial charge in [0.25, 0.3) is 0 Å². The fourth-order valence-corrected chi connectivity index (χ4v) is 2.88. The average molecular weight is 362 g/mol. The molecule has 0 bridgehead atoms. The molecule has 2 aromatic carbocycles. The number of nitrogens with zero attached hydrogens (tertiary/aromatic N) is 1. The maximum atomic E-state index is 12.8. The Kier molecular flexibility index (Phi) is 4.71. The number of benzene rings is 2. The first-order valence-corrected chi connectivity index (χ1v) is 8.09. The molecule has 7 heteroatoms. The Morgan fingerprint density at radius 1 is 1.15 bits per heavy atom. The first-order chi connectivity index (χ1) is 12.2. The summed E-state index contributed by atoms with van der Waals surface area (Å²) in [5.41, 5.74) is 0.986. The highest BCUT2D eigenvalue weighted by atomic mass is 19.4. The van der Waals surface area contributed by atoms with Crippen molar-refractivity contribution in [3.63, 3.8) is 0 Å². The molecule has 0 aliphatic carbocycles. The minimum atomic E-state index is -4.48. The van der Waals surface area contributed by atoms with Crippen LogP contribution in [0.15, 0.2) is 48.5 Å². The Balaban J connectivity index is 1.70. The highest BCUT2D eigenvalue weighted by molar-refractivity contribution is 6.03. The van der Waals surface area contributed by atoms with Gasteiger partial charge in [0.1, 0.15) is 0 Å². The van der Waals surface area contributed by atoms with Gasteiger partial charge < -0.3 is 10.2 Å². The zero-order chi connectivity index (χ0) is 18.9. The van der Waals surface area contributed by atoms with Gasteiger partial charge in [-0.3, -0.25) is 9.59 Å². The summed E-state index contributed by atoms with van der Waals surface area (Å²) in [5, 5.41) is 2.48. The third-order valence-electron chi connectivity index (χ3n) is 4.30. The summed E-state index contributed by atoms with van der Waals surface area (Å²) in [7, 11) is 0. The molecule has 1 aliphatic rings. The second-order valence-electron chi connectivity index (χ2n) is 6.31. The predicted octanol–water partition coefficient (Wildman–Crippen LogP) is 4.01. The van der Waals surface area contributed by atoms with E-state index in [1.54, 1.807) is 12.1 Å². The quantitative estimate of drug-likeness (QED) is 0.897. The van der Waals surface area contributed by atoms with Crippen LogP contribution in [0.4, 0.5) is 24.5 Å². The molecule has 0 radical (unpaired) electrons. The van der Waals surface area contributed by atoms with Crippen LogP contribution in [0, 0.1) is 12.8 Å². The van der Waals surface area contributed by atoms with Crippen LogP contribution in [0.5, 0.6) is 0 Å². The van der Waals surface area contributed by atoms with Crippen molar-refractivity contribution in [2.75, 3.05) is 16.8 Å². The molecule has 26 heavy (non-hydrogen) atoms. The van der Waals surface area contributed by atoms with E-state index in [9.17, 15) is 22.8 Å². The summed E-state index contributed by atoms with van der Waals surface area (Å²) >= 11 is 0. The molecule has 1 saturated heterocycles. The number of amides is 2. The van der Waals surface area contributed by atoms with Gasteiger partial charge in [0.05, 0.1) is 11.5 Å². The van der Waals surface area contributed by atoms with E-state index in [1.165, 1.54) is 17.0 Å². The fourth-order valence-electron chi connectivity index (χ4n) is 2.88. The molecule has 0 spiro atoms. The summed E-state index contributed by atoms with van der Waals surface area (Å²) in [6, 6.07) is 11.8. The molecule has 136 valence electrons. The van der Waals surface area contributed by atoms with Crippen molar-refractivity contribution in [2.24, 2.45) is 5.92 Å². The van der Waals surface area contributed by atoms with E-state index in [1.807, 2.05) is 19.1 Å². The van der Waals surface area contributed by atoms with Crippen molar-refractivity contribution in [2.45, 2.75) is 19.5 Å². The predicted molar refractivity (Wildman–Crippen MR) is 91.7 cm³/mol. The highest BCUT2D eigenvalue weighted by Crippen LogP contribution is 2.31. The van der Waals surface area contributed by atoms with Gasteiger partial charge in [0.15, 0.2) is 0 Å². The maximum absolute atomic E-state index is 12.8. The zero-order valence-corrected chi connectivity index (χ0v) is 14.0. The summed E-state index contributed by atoms with van der Waals surface area (Å²) in [6.07, 6.45) is -4.45. The van der Waals surface area contributed by atoms with Crippen LogP contribution >= 0.6 is 0 Å². The zero-order valence-electron chi connectivity index (χ0n) is 14.0. The van der Waals surface area contributed by atoms with Crippen LogP contribution in [0.2, 0.25) is 0 Å². The van der Waals surface area contributed by atoms with Crippen molar-refractivity contribution in [1.29, 1.82) is 0 Å². The van der Waals surface area contributed by atoms with Gasteiger partial charge in [-0.05, 0) is 37.3 Å². The molecule has 2 amide bonds. The van der Waals surface area contributed by atoms with E-state index in [0.29, 0.717) is 5.69 Å². The average Bonchev–Trinajstić information content (AvgIpc) is 2.97. The van der Waals surface area contributed by atoms with Gasteiger partial charge in [-0.1, -0.05) is 23.8 Å². The van der Waals surface area contributed by atoms with Gasteiger partial charge >= 0.3 is 6.18 Å². The van der Waals surface area contributed by atoms with Crippen molar-refractivity contribution < 1.29 is 22.8 Å². The van der Waals surface area contributed by atoms with Crippen LogP contribution in [-0.4, -0.2) is 18.4 Å². The van der Waals surface area contributed by atoms with Crippen molar-refractivity contribution in [1.82, 2.24) is 0 Å². The molecule has 3 rings (SSSR count). The Bertz CT molecular complexity index is 831. The monoisotopic (exact) mass is 362 g/mol. The molecule has 1 aliphatic heterocycles. The molecule has 1 atom stereocenters. The SMILES string of the molecule is Cc1ccc(N2CC(C(=O)Nc3cccc(C(F)(F)F)c3)CC2=O)cc1. The Morgan fingerprint density at radius 2 is 1.85 bits per heavy atom. The molecule has 0 saturated carbocycles. The third kappa shape index (κ3) is 3.87. The lowest BCUT2D eigenvalue weighted by Crippen LogP contribution is -2.28. The van der Waals surface area contributed by atoms with Gasteiger partial charge in [-0.15, -0.1) is 0 Å². The first kappa shape index (κ1) is 18.0. The standard InChI is InChI=1S/C19H17F3N2O2/c1-12-5-7-16(8-6-12)24-11-13(9-17(24)25)18(26)23-15-4-2-3-14(10-15)19(20,21)22/h2-8,10,13H,9,11H2,1H3,(H,23,26). The van der Waals surface area contributed by atoms with Gasteiger partial charge in [-0.2, -0.15) is 13.2 Å². The summed E-state index contributed by atoms with van der Waals surface area (Å²) < 4.78 is 38.3. The van der Waals surface area contributed by atoms with Crippen molar-refractivity contribution in [3.8, 4) is 0 Å². The number of aryl methyl sites for hydroxylation is 1. The van der Waals surface area contributed by atoms with Crippen LogP contribution in [0.25, 0.3) is 0 Å². The second kappa shape index (κ2) is 6.82. The molecule has 2 aromatic rings. The van der Waals surface area contributed by atoms with Crippen molar-refractivity contribution in [3.05, 3.63) is 59.7 Å². The molecular weight excluding hydrogens is 345 g/mol. The molecule has 1 heterocycles. The molecule has 1 fully saturated rings. The fraction of sp³-hybridized carbons (Fsp3) is 0.263. The van der Waals surface area contributed by atoms with Crippen LogP contribution in [0.3, 0.4) is 0 Å². The van der Waals surface area contributed by atoms with E-state index in [4.69, 9.17) is 0 Å². The number of halogens is 3. The Hall–Kier alpha value is -2.83. The van der Waals surface area contributed by atoms with E-state index in [0.717, 1.165) is 17.7 Å². The smallest absolute Gasteiger partial charge is 0.326 e.